The summed E-state index contributed by atoms with van der Waals surface area (Å²) in [5.74, 6) is -4.88. The summed E-state index contributed by atoms with van der Waals surface area (Å²) in [6, 6.07) is 16.1. The third kappa shape index (κ3) is 3.60. The first-order valence-corrected chi connectivity index (χ1v) is 12.3. The summed E-state index contributed by atoms with van der Waals surface area (Å²) in [7, 11) is 0. The van der Waals surface area contributed by atoms with Crippen molar-refractivity contribution in [3.05, 3.63) is 101 Å². The molecule has 2 aliphatic heterocycles. The van der Waals surface area contributed by atoms with Gasteiger partial charge in [0, 0.05) is 11.5 Å². The van der Waals surface area contributed by atoms with Crippen molar-refractivity contribution >= 4 is 17.9 Å². The summed E-state index contributed by atoms with van der Waals surface area (Å²) >= 11 is 0. The van der Waals surface area contributed by atoms with Gasteiger partial charge in [0.1, 0.15) is 22.8 Å². The lowest BCUT2D eigenvalue weighted by Crippen LogP contribution is -2.60. The van der Waals surface area contributed by atoms with Gasteiger partial charge >= 0.3 is 17.9 Å². The van der Waals surface area contributed by atoms with Crippen LogP contribution in [0.3, 0.4) is 0 Å². The lowest BCUT2D eigenvalue weighted by atomic mass is 9.59. The summed E-state index contributed by atoms with van der Waals surface area (Å²) in [5.41, 5.74) is -2.94. The molecule has 0 amide bonds. The summed E-state index contributed by atoms with van der Waals surface area (Å²) < 4.78 is 44.8. The lowest BCUT2D eigenvalue weighted by Gasteiger charge is -2.42. The molecular formula is C29H25F2NO6. The lowest BCUT2D eigenvalue weighted by molar-refractivity contribution is -0.166. The molecule has 196 valence electrons. The second-order valence-electron chi connectivity index (χ2n) is 9.11. The Morgan fingerprint density at radius 2 is 1.42 bits per heavy atom. The highest BCUT2D eigenvalue weighted by Crippen LogP contribution is 2.62. The molecule has 0 unspecified atom stereocenters. The minimum atomic E-state index is -2.24. The predicted molar refractivity (Wildman–Crippen MR) is 131 cm³/mol. The molecule has 5 rings (SSSR count). The first kappa shape index (κ1) is 25.5. The first-order chi connectivity index (χ1) is 18.3. The van der Waals surface area contributed by atoms with Gasteiger partial charge in [-0.25, -0.2) is 18.4 Å². The van der Waals surface area contributed by atoms with Crippen molar-refractivity contribution in [3.8, 4) is 5.75 Å². The average molecular weight is 522 g/mol. The second-order valence-corrected chi connectivity index (χ2v) is 9.11. The van der Waals surface area contributed by atoms with Gasteiger partial charge in [-0.15, -0.1) is 0 Å². The van der Waals surface area contributed by atoms with E-state index < -0.39 is 52.5 Å². The maximum absolute atomic E-state index is 14.2. The number of rotatable bonds is 6. The van der Waals surface area contributed by atoms with Crippen molar-refractivity contribution in [2.24, 2.45) is 0 Å². The molecular weight excluding hydrogens is 496 g/mol. The molecule has 2 heterocycles. The van der Waals surface area contributed by atoms with Gasteiger partial charge in [0.05, 0.1) is 19.3 Å². The zero-order chi connectivity index (χ0) is 27.1. The summed E-state index contributed by atoms with van der Waals surface area (Å²) in [5, 5.41) is 3.14. The maximum atomic E-state index is 14.2. The normalized spacial score (nSPS) is 23.1. The number of hydrogen-bond donors (Lipinski definition) is 1. The second kappa shape index (κ2) is 9.64. The quantitative estimate of drug-likeness (QED) is 0.297. The van der Waals surface area contributed by atoms with Crippen LogP contribution in [0.4, 0.5) is 8.78 Å². The van der Waals surface area contributed by atoms with Crippen molar-refractivity contribution in [1.82, 2.24) is 5.32 Å². The fourth-order valence-corrected chi connectivity index (χ4v) is 5.76. The third-order valence-electron chi connectivity index (χ3n) is 7.21. The fraction of sp³-hybridized carbons (Fsp3) is 0.276. The molecule has 0 saturated carbocycles. The predicted octanol–water partition coefficient (Wildman–Crippen LogP) is 4.11. The van der Waals surface area contributed by atoms with Crippen LogP contribution in [0, 0.1) is 11.6 Å². The van der Waals surface area contributed by atoms with Crippen LogP contribution in [0.25, 0.3) is 0 Å². The van der Waals surface area contributed by atoms with E-state index in [0.717, 1.165) is 0 Å². The van der Waals surface area contributed by atoms with Gasteiger partial charge in [-0.3, -0.25) is 10.1 Å². The maximum Gasteiger partial charge on any atom is 0.338 e. The Labute approximate surface area is 217 Å². The number of benzene rings is 3. The number of carbonyl (C=O) groups excluding carboxylic acids is 3. The minimum Gasteiger partial charge on any atom is -0.464 e. The molecule has 3 aromatic carbocycles. The highest BCUT2D eigenvalue weighted by atomic mass is 19.1. The Bertz CT molecular complexity index is 1370. The van der Waals surface area contributed by atoms with Crippen molar-refractivity contribution in [2.75, 3.05) is 13.2 Å². The number of fused-ring (bicyclic) bond motifs is 3. The summed E-state index contributed by atoms with van der Waals surface area (Å²) in [4.78, 5) is 41.9. The number of hydrogen-bond acceptors (Lipinski definition) is 7. The van der Waals surface area contributed by atoms with Gasteiger partial charge in [-0.05, 0) is 55.3 Å². The summed E-state index contributed by atoms with van der Waals surface area (Å²) in [6.07, 6.45) is 0. The number of nitrogens with one attached hydrogen (secondary N) is 1. The van der Waals surface area contributed by atoms with Crippen LogP contribution in [0.1, 0.15) is 42.5 Å². The van der Waals surface area contributed by atoms with Crippen molar-refractivity contribution in [2.45, 2.75) is 36.8 Å². The van der Waals surface area contributed by atoms with Crippen LogP contribution >= 0.6 is 0 Å². The highest BCUT2D eigenvalue weighted by molar-refractivity contribution is 6.10. The third-order valence-corrected chi connectivity index (χ3v) is 7.21. The number of esters is 3. The van der Waals surface area contributed by atoms with Crippen LogP contribution < -0.4 is 10.1 Å². The van der Waals surface area contributed by atoms with E-state index in [1.54, 1.807) is 38.1 Å². The van der Waals surface area contributed by atoms with Crippen molar-refractivity contribution in [3.63, 3.8) is 0 Å². The molecule has 3 aromatic rings. The van der Waals surface area contributed by atoms with Crippen LogP contribution in [-0.4, -0.2) is 36.7 Å². The Morgan fingerprint density at radius 1 is 0.868 bits per heavy atom. The van der Waals surface area contributed by atoms with E-state index in [0.29, 0.717) is 11.1 Å². The molecule has 0 radical (unpaired) electrons. The Hall–Kier alpha value is -4.11. The van der Waals surface area contributed by atoms with E-state index in [2.05, 4.69) is 5.32 Å². The molecule has 0 aliphatic carbocycles. The largest absolute Gasteiger partial charge is 0.464 e. The number of para-hydroxylation sites is 1. The number of halogens is 2. The molecule has 1 fully saturated rings. The molecule has 0 bridgehead atoms. The Morgan fingerprint density at radius 3 is 2.00 bits per heavy atom. The monoisotopic (exact) mass is 521 g/mol. The molecule has 9 heteroatoms. The standard InChI is InChI=1S/C29H25F2NO6/c1-3-36-26(34)29(27(35)37-4-2)23(17-9-13-19(30)14-10-17)28(18-11-15-20(31)16-12-18)24(32-29)21-7-5-6-8-22(21)38-25(28)33/h5-16,23-24,32H,3-4H2,1-2H3/t23-,24-,28-/m1/s1. The molecule has 2 aliphatic rings. The van der Waals surface area contributed by atoms with Crippen LogP contribution in [0.5, 0.6) is 5.75 Å². The van der Waals surface area contributed by atoms with Crippen LogP contribution in [0.2, 0.25) is 0 Å². The van der Waals surface area contributed by atoms with E-state index >= 15 is 0 Å². The molecule has 0 spiro atoms. The first-order valence-electron chi connectivity index (χ1n) is 12.3. The zero-order valence-corrected chi connectivity index (χ0v) is 20.7. The number of ether oxygens (including phenoxy) is 3. The zero-order valence-electron chi connectivity index (χ0n) is 20.7. The molecule has 0 aromatic heterocycles. The molecule has 38 heavy (non-hydrogen) atoms. The topological polar surface area (TPSA) is 90.9 Å². The highest BCUT2D eigenvalue weighted by Gasteiger charge is 2.76. The summed E-state index contributed by atoms with van der Waals surface area (Å²) in [6.45, 7) is 3.05. The van der Waals surface area contributed by atoms with Crippen LogP contribution in [-0.2, 0) is 29.3 Å². The molecule has 3 atom stereocenters. The Balaban J connectivity index is 1.91. The minimum absolute atomic E-state index is 0.0624. The molecule has 1 N–H and O–H groups in total. The van der Waals surface area contributed by atoms with Gasteiger partial charge in [-0.2, -0.15) is 0 Å². The van der Waals surface area contributed by atoms with Gasteiger partial charge in [0.25, 0.3) is 0 Å². The van der Waals surface area contributed by atoms with E-state index in [1.165, 1.54) is 48.5 Å². The van der Waals surface area contributed by atoms with E-state index in [9.17, 15) is 23.2 Å². The van der Waals surface area contributed by atoms with Gasteiger partial charge in [-0.1, -0.05) is 42.5 Å². The molecule has 7 nitrogen and oxygen atoms in total. The van der Waals surface area contributed by atoms with Crippen LogP contribution in [0.15, 0.2) is 72.8 Å². The number of carbonyl (C=O) groups is 3. The fourth-order valence-electron chi connectivity index (χ4n) is 5.76. The smallest absolute Gasteiger partial charge is 0.338 e. The van der Waals surface area contributed by atoms with E-state index in [1.807, 2.05) is 0 Å². The van der Waals surface area contributed by atoms with E-state index in [-0.39, 0.29) is 24.5 Å². The van der Waals surface area contributed by atoms with Gasteiger partial charge in [0.2, 0.25) is 5.54 Å². The van der Waals surface area contributed by atoms with Crippen molar-refractivity contribution in [1.29, 1.82) is 0 Å². The van der Waals surface area contributed by atoms with Gasteiger partial charge < -0.3 is 14.2 Å². The van der Waals surface area contributed by atoms with E-state index in [4.69, 9.17) is 14.2 Å². The molecule has 1 saturated heterocycles. The van der Waals surface area contributed by atoms with Gasteiger partial charge in [0.15, 0.2) is 0 Å². The Kier molecular flexibility index (Phi) is 6.48. The average Bonchev–Trinajstić information content (AvgIpc) is 3.25. The SMILES string of the molecule is CCOC(=O)C1(C(=O)OCC)N[C@@H]2c3ccccc3OC(=O)[C@]2(c2ccc(F)cc2)[C@H]1c1ccc(F)cc1. The van der Waals surface area contributed by atoms with Crippen molar-refractivity contribution < 1.29 is 37.4 Å².